The van der Waals surface area contributed by atoms with Gasteiger partial charge in [0.05, 0.1) is 46.8 Å². The van der Waals surface area contributed by atoms with Gasteiger partial charge < -0.3 is 33.9 Å². The number of ether oxygens (including phenoxy) is 5. The smallest absolute Gasteiger partial charge is 0.318 e. The van der Waals surface area contributed by atoms with Gasteiger partial charge >= 0.3 is 6.03 Å². The van der Waals surface area contributed by atoms with Gasteiger partial charge in [-0.1, -0.05) is 6.07 Å². The fourth-order valence-corrected chi connectivity index (χ4v) is 4.35. The summed E-state index contributed by atoms with van der Waals surface area (Å²) in [5.41, 5.74) is 1.73. The molecule has 3 rings (SSSR count). The highest BCUT2D eigenvalue weighted by molar-refractivity contribution is 6.05. The minimum absolute atomic E-state index is 0.189. The zero-order valence-electron chi connectivity index (χ0n) is 24.6. The van der Waals surface area contributed by atoms with Crippen LogP contribution in [0.25, 0.3) is 0 Å². The Morgan fingerprint density at radius 3 is 2.25 bits per heavy atom. The van der Waals surface area contributed by atoms with E-state index in [0.717, 1.165) is 11.1 Å². The lowest BCUT2D eigenvalue weighted by atomic mass is 9.97. The van der Waals surface area contributed by atoms with Gasteiger partial charge in [0, 0.05) is 37.2 Å². The molecule has 0 spiro atoms. The fourth-order valence-electron chi connectivity index (χ4n) is 4.35. The maximum absolute atomic E-state index is 13.8. The molecule has 2 aromatic carbocycles. The van der Waals surface area contributed by atoms with Crippen LogP contribution in [0.3, 0.4) is 0 Å². The van der Waals surface area contributed by atoms with Crippen molar-refractivity contribution in [1.29, 1.82) is 0 Å². The third-order valence-corrected chi connectivity index (χ3v) is 6.34. The molecule has 0 aliphatic carbocycles. The summed E-state index contributed by atoms with van der Waals surface area (Å²) in [5.74, 6) is 1.98. The van der Waals surface area contributed by atoms with Gasteiger partial charge in [0.25, 0.3) is 5.91 Å². The molecule has 0 saturated heterocycles. The van der Waals surface area contributed by atoms with Crippen molar-refractivity contribution < 1.29 is 33.3 Å². The first-order chi connectivity index (χ1) is 19.0. The van der Waals surface area contributed by atoms with Crippen molar-refractivity contribution in [2.45, 2.75) is 38.8 Å². The monoisotopic (exact) mass is 556 g/mol. The van der Waals surface area contributed by atoms with E-state index in [1.54, 1.807) is 47.7 Å². The van der Waals surface area contributed by atoms with Gasteiger partial charge in [0.2, 0.25) is 0 Å². The molecular weight excluding hydrogens is 516 g/mol. The molecule has 11 nitrogen and oxygen atoms in total. The number of methoxy groups -OCH3 is 5. The van der Waals surface area contributed by atoms with Crippen LogP contribution in [0.1, 0.15) is 44.4 Å². The molecule has 1 atom stereocenters. The van der Waals surface area contributed by atoms with Crippen molar-refractivity contribution in [3.63, 3.8) is 0 Å². The molecule has 0 unspecified atom stereocenters. The fraction of sp³-hybridized carbons (Fsp3) is 0.483. The van der Waals surface area contributed by atoms with Crippen LogP contribution in [0.5, 0.6) is 23.0 Å². The normalized spacial score (nSPS) is 14.8. The Kier molecular flexibility index (Phi) is 10.2. The third-order valence-electron chi connectivity index (χ3n) is 6.34. The lowest BCUT2D eigenvalue weighted by Crippen LogP contribution is -2.52. The molecule has 0 fully saturated rings. The molecule has 40 heavy (non-hydrogen) atoms. The molecule has 218 valence electrons. The Balaban J connectivity index is 2.01. The van der Waals surface area contributed by atoms with E-state index in [1.807, 2.05) is 45.0 Å². The van der Waals surface area contributed by atoms with Crippen LogP contribution < -0.4 is 24.3 Å². The van der Waals surface area contributed by atoms with Crippen LogP contribution in [0.15, 0.2) is 41.5 Å². The Morgan fingerprint density at radius 2 is 1.65 bits per heavy atom. The van der Waals surface area contributed by atoms with Gasteiger partial charge in [-0.15, -0.1) is 0 Å². The van der Waals surface area contributed by atoms with Gasteiger partial charge in [-0.2, -0.15) is 5.10 Å². The summed E-state index contributed by atoms with van der Waals surface area (Å²) < 4.78 is 27.1. The quantitative estimate of drug-likeness (QED) is 0.448. The second-order valence-corrected chi connectivity index (χ2v) is 10.3. The highest BCUT2D eigenvalue weighted by Crippen LogP contribution is 2.39. The van der Waals surface area contributed by atoms with E-state index in [1.165, 1.54) is 9.91 Å². The van der Waals surface area contributed by atoms with Crippen molar-refractivity contribution >= 4 is 17.6 Å². The largest absolute Gasteiger partial charge is 0.497 e. The van der Waals surface area contributed by atoms with E-state index < -0.39 is 11.6 Å². The van der Waals surface area contributed by atoms with Crippen LogP contribution in [0.2, 0.25) is 0 Å². The molecule has 11 heteroatoms. The molecule has 3 amide bonds. The van der Waals surface area contributed by atoms with Gasteiger partial charge in [-0.25, -0.2) is 9.80 Å². The summed E-state index contributed by atoms with van der Waals surface area (Å²) in [6, 6.07) is 10.1. The molecule has 1 heterocycles. The molecule has 1 aliphatic heterocycles. The van der Waals surface area contributed by atoms with Crippen molar-refractivity contribution in [2.75, 3.05) is 55.2 Å². The summed E-state index contributed by atoms with van der Waals surface area (Å²) in [5, 5.41) is 9.12. The third kappa shape index (κ3) is 7.35. The van der Waals surface area contributed by atoms with Crippen molar-refractivity contribution in [2.24, 2.45) is 5.10 Å². The zero-order valence-corrected chi connectivity index (χ0v) is 24.6. The summed E-state index contributed by atoms with van der Waals surface area (Å²) in [6.45, 7) is 5.98. The van der Waals surface area contributed by atoms with Crippen molar-refractivity contribution in [3.8, 4) is 23.0 Å². The van der Waals surface area contributed by atoms with Gasteiger partial charge in [-0.3, -0.25) is 4.79 Å². The van der Waals surface area contributed by atoms with E-state index in [-0.39, 0.29) is 31.6 Å². The molecule has 0 radical (unpaired) electrons. The highest BCUT2D eigenvalue weighted by atomic mass is 16.5. The lowest BCUT2D eigenvalue weighted by Gasteiger charge is -2.30. The second-order valence-electron chi connectivity index (χ2n) is 10.3. The molecule has 0 saturated carbocycles. The van der Waals surface area contributed by atoms with E-state index in [0.29, 0.717) is 35.1 Å². The van der Waals surface area contributed by atoms with E-state index in [4.69, 9.17) is 28.8 Å². The number of rotatable bonds is 11. The molecule has 0 aromatic heterocycles. The Hall–Kier alpha value is -3.99. The molecule has 1 N–H and O–H groups in total. The number of urea groups is 1. The number of nitrogens with zero attached hydrogens (tertiary/aromatic N) is 3. The highest BCUT2D eigenvalue weighted by Gasteiger charge is 2.36. The Morgan fingerprint density at radius 1 is 0.950 bits per heavy atom. The van der Waals surface area contributed by atoms with Gasteiger partial charge in [0.15, 0.2) is 11.5 Å². The summed E-state index contributed by atoms with van der Waals surface area (Å²) in [7, 11) is 7.83. The first-order valence-electron chi connectivity index (χ1n) is 12.9. The number of hydrazone groups is 1. The maximum Gasteiger partial charge on any atom is 0.318 e. The molecule has 2 aromatic rings. The summed E-state index contributed by atoms with van der Waals surface area (Å²) in [6.07, 6.45) is 0.413. The first-order valence-corrected chi connectivity index (χ1v) is 12.9. The predicted molar refractivity (Wildman–Crippen MR) is 152 cm³/mol. The zero-order chi connectivity index (χ0) is 29.4. The number of hydrogen-bond acceptors (Lipinski definition) is 8. The van der Waals surface area contributed by atoms with Crippen molar-refractivity contribution in [3.05, 3.63) is 47.5 Å². The molecule has 1 aliphatic rings. The number of carbonyl (C=O) groups excluding carboxylic acids is 2. The maximum atomic E-state index is 13.8. The number of carbonyl (C=O) groups is 2. The minimum Gasteiger partial charge on any atom is -0.497 e. The number of amides is 3. The number of nitrogens with one attached hydrogen (secondary N) is 1. The Labute approximate surface area is 236 Å². The van der Waals surface area contributed by atoms with Gasteiger partial charge in [-0.05, 0) is 50.6 Å². The average Bonchev–Trinajstić information content (AvgIpc) is 3.38. The standard InChI is InChI=1S/C29H40N4O7/c1-29(2,3)30-28(35)32(13-14-36-4)18-27(34)33-23(19-9-12-24(38-6)26(15-19)40-8)17-22(31-33)21-11-10-20(37-5)16-25(21)39-7/h9-12,15-16,23H,13-14,17-18H2,1-8H3,(H,30,35)/t23-/m0/s1. The van der Waals surface area contributed by atoms with Crippen LogP contribution in [-0.2, 0) is 9.53 Å². The summed E-state index contributed by atoms with van der Waals surface area (Å²) >= 11 is 0. The van der Waals surface area contributed by atoms with Crippen LogP contribution in [-0.4, -0.2) is 88.3 Å². The summed E-state index contributed by atoms with van der Waals surface area (Å²) in [4.78, 5) is 28.3. The number of benzene rings is 2. The minimum atomic E-state index is -0.475. The van der Waals surface area contributed by atoms with Crippen LogP contribution >= 0.6 is 0 Å². The second kappa shape index (κ2) is 13.4. The van der Waals surface area contributed by atoms with Crippen molar-refractivity contribution in [1.82, 2.24) is 15.2 Å². The molecule has 0 bridgehead atoms. The van der Waals surface area contributed by atoms with E-state index >= 15 is 0 Å². The van der Waals surface area contributed by atoms with Gasteiger partial charge in [0.1, 0.15) is 18.0 Å². The predicted octanol–water partition coefficient (Wildman–Crippen LogP) is 3.86. The molecular formula is C29H40N4O7. The van der Waals surface area contributed by atoms with Crippen LogP contribution in [0.4, 0.5) is 4.79 Å². The average molecular weight is 557 g/mol. The van der Waals surface area contributed by atoms with E-state index in [2.05, 4.69) is 5.32 Å². The first kappa shape index (κ1) is 30.6. The SMILES string of the molecule is COCCN(CC(=O)N1N=C(c2ccc(OC)cc2OC)C[C@H]1c1ccc(OC)c(OC)c1)C(=O)NC(C)(C)C. The number of hydrogen-bond donors (Lipinski definition) is 1. The lowest BCUT2D eigenvalue weighted by molar-refractivity contribution is -0.133. The van der Waals surface area contributed by atoms with Crippen LogP contribution in [0, 0.1) is 0 Å². The van der Waals surface area contributed by atoms with E-state index in [9.17, 15) is 9.59 Å². The topological polar surface area (TPSA) is 111 Å². The Bertz CT molecular complexity index is 1230.